The summed E-state index contributed by atoms with van der Waals surface area (Å²) in [6.45, 7) is 17.9. The molecule has 13 heteroatoms. The monoisotopic (exact) mass is 748 g/mol. The number of rotatable bonds is 8. The van der Waals surface area contributed by atoms with E-state index in [9.17, 15) is 4.79 Å². The summed E-state index contributed by atoms with van der Waals surface area (Å²) in [4.78, 5) is 15.2. The van der Waals surface area contributed by atoms with Crippen LogP contribution < -0.4 is 0 Å². The molecule has 1 aromatic carbocycles. The molecule has 11 nitrogen and oxygen atoms in total. The van der Waals surface area contributed by atoms with E-state index in [1.165, 1.54) is 12.0 Å². The van der Waals surface area contributed by atoms with Crippen LogP contribution in [0, 0.1) is 38.5 Å². The number of aromatic nitrogens is 6. The normalized spacial score (nSPS) is 20.1. The van der Waals surface area contributed by atoms with Gasteiger partial charge >= 0.3 is 49.8 Å². The summed E-state index contributed by atoms with van der Waals surface area (Å²) >= 11 is 0. The minimum absolute atomic E-state index is 0. The van der Waals surface area contributed by atoms with E-state index in [0.717, 1.165) is 32.1 Å². The molecular weight excluding hydrogens is 701 g/mol. The second-order valence-corrected chi connectivity index (χ2v) is 12.3. The molecule has 0 unspecified atom stereocenters. The zero-order chi connectivity index (χ0) is 34.9. The third kappa shape index (κ3) is 10.9. The standard InChI is InChI=1S/C25H36NO2.C9H9BN6.2CO.Mo/c1-5-12-21-16-11-13-19(2)26(21)24(27)28-23-18-10-9-17-22(23)25(3,4)20-14-7-6-8-15-20;1-4-11-14(7-1)10(15-8-2-5-12-15)16-9-3-6-13-16;2*1-2;/h6-8,11,13-16,19,21-23H,5,9-10,12,17-18H2,1-4H3;1-9H;;;/q;-1;;;+2/t19-,21+,22+,23+;;;;/m0..../s1. The average molecular weight is 747 g/mol. The SMILES string of the molecule is CCC[C@@H]1[CH][CH][CH][C@H](C)N1C(=O)O[C@@H]1CCCC[C@H]1C(C)(C)c1ccccc1.[C-]#[O+].[C-]#[O+].[Mo+2].c1cnn([B-](n2cccn2)n2cccn2)c1. The van der Waals surface area contributed by atoms with Crippen molar-refractivity contribution >= 4 is 13.2 Å². The van der Waals surface area contributed by atoms with Gasteiger partial charge in [-0.15, -0.1) is 0 Å². The van der Waals surface area contributed by atoms with Crippen LogP contribution in [0.25, 0.3) is 0 Å². The van der Waals surface area contributed by atoms with Gasteiger partial charge in [-0.05, 0) is 99.6 Å². The molecule has 1 saturated carbocycles. The number of benzene rings is 1. The molecule has 6 rings (SSSR count). The van der Waals surface area contributed by atoms with Crippen LogP contribution in [0.4, 0.5) is 4.79 Å². The van der Waals surface area contributed by atoms with Gasteiger partial charge in [-0.2, -0.15) is 0 Å². The summed E-state index contributed by atoms with van der Waals surface area (Å²) in [5, 5.41) is 12.7. The van der Waals surface area contributed by atoms with Gasteiger partial charge in [0.25, 0.3) is 7.12 Å². The number of hydrogen-bond donors (Lipinski definition) is 0. The summed E-state index contributed by atoms with van der Waals surface area (Å²) in [6.07, 6.45) is 23.5. The molecule has 4 radical (unpaired) electrons. The van der Waals surface area contributed by atoms with Crippen molar-refractivity contribution in [2.24, 2.45) is 5.92 Å². The molecule has 0 bridgehead atoms. The van der Waals surface area contributed by atoms with Crippen molar-refractivity contribution in [1.82, 2.24) is 34.0 Å². The molecule has 4 heterocycles. The van der Waals surface area contributed by atoms with Crippen molar-refractivity contribution in [3.63, 3.8) is 0 Å². The number of likely N-dealkylation sites (tertiary alicyclic amines) is 1. The van der Waals surface area contributed by atoms with Crippen LogP contribution in [0.15, 0.2) is 85.7 Å². The quantitative estimate of drug-likeness (QED) is 0.120. The van der Waals surface area contributed by atoms with Crippen LogP contribution in [-0.4, -0.2) is 65.4 Å². The molecule has 1 saturated heterocycles. The van der Waals surface area contributed by atoms with E-state index >= 15 is 0 Å². The fourth-order valence-electron chi connectivity index (χ4n) is 6.62. The molecule has 0 N–H and O–H groups in total. The molecule has 1 amide bonds. The molecule has 0 spiro atoms. The summed E-state index contributed by atoms with van der Waals surface area (Å²) in [5.74, 6) is 0.344. The Morgan fingerprint density at radius 3 is 1.90 bits per heavy atom. The first-order valence-electron chi connectivity index (χ1n) is 16.3. The van der Waals surface area contributed by atoms with Gasteiger partial charge < -0.3 is 23.4 Å². The maximum atomic E-state index is 13.2. The number of ether oxygens (including phenoxy) is 1. The molecule has 1 aliphatic heterocycles. The van der Waals surface area contributed by atoms with Crippen LogP contribution in [0.2, 0.25) is 0 Å². The fraction of sp³-hybridized carbons (Fsp3) is 0.417. The number of amides is 1. The second kappa shape index (κ2) is 21.4. The van der Waals surface area contributed by atoms with Crippen molar-refractivity contribution in [3.05, 3.63) is 124 Å². The number of carbonyl (C=O) groups excluding carboxylic acids is 1. The second-order valence-electron chi connectivity index (χ2n) is 12.3. The zero-order valence-corrected chi connectivity index (χ0v) is 30.6. The predicted octanol–water partition coefficient (Wildman–Crippen LogP) is 6.27. The van der Waals surface area contributed by atoms with E-state index in [0.29, 0.717) is 5.92 Å². The van der Waals surface area contributed by atoms with Crippen LogP contribution in [0.5, 0.6) is 0 Å². The first-order valence-corrected chi connectivity index (χ1v) is 16.3. The number of hydrogen-bond acceptors (Lipinski definition) is 5. The van der Waals surface area contributed by atoms with Crippen molar-refractivity contribution < 1.29 is 39.9 Å². The minimum atomic E-state index is -0.194. The van der Waals surface area contributed by atoms with Gasteiger partial charge in [0.05, 0.1) is 0 Å². The number of piperidine rings is 1. The Bertz CT molecular complexity index is 1390. The van der Waals surface area contributed by atoms with Gasteiger partial charge in [0.1, 0.15) is 6.10 Å². The third-order valence-corrected chi connectivity index (χ3v) is 9.00. The summed E-state index contributed by atoms with van der Waals surface area (Å²) in [6, 6.07) is 16.5. The van der Waals surface area contributed by atoms with Crippen molar-refractivity contribution in [2.75, 3.05) is 0 Å². The van der Waals surface area contributed by atoms with Crippen LogP contribution in [-0.2, 0) is 40.5 Å². The summed E-state index contributed by atoms with van der Waals surface area (Å²) in [5.41, 5.74) is 1.31. The van der Waals surface area contributed by atoms with E-state index in [1.54, 1.807) is 32.4 Å². The van der Waals surface area contributed by atoms with Crippen LogP contribution in [0.1, 0.15) is 71.8 Å². The first-order chi connectivity index (χ1) is 23.4. The topological polar surface area (TPSA) is 123 Å². The maximum Gasteiger partial charge on any atom is 2.00 e. The molecule has 1 aliphatic carbocycles. The molecule has 49 heavy (non-hydrogen) atoms. The van der Waals surface area contributed by atoms with E-state index in [4.69, 9.17) is 14.0 Å². The Kier molecular flexibility index (Phi) is 18.2. The van der Waals surface area contributed by atoms with Gasteiger partial charge in [0, 0.05) is 36.6 Å². The number of carbonyl (C=O) groups is 1. The Hall–Kier alpha value is -3.65. The van der Waals surface area contributed by atoms with Crippen LogP contribution in [0.3, 0.4) is 0 Å². The minimum Gasteiger partial charge on any atom is -0.425 e. The Morgan fingerprint density at radius 1 is 0.878 bits per heavy atom. The molecule has 4 atom stereocenters. The maximum absolute atomic E-state index is 13.2. The van der Waals surface area contributed by atoms with E-state index < -0.39 is 0 Å². The zero-order valence-electron chi connectivity index (χ0n) is 28.6. The van der Waals surface area contributed by atoms with Gasteiger partial charge in [0.2, 0.25) is 0 Å². The van der Waals surface area contributed by atoms with Gasteiger partial charge in [-0.3, -0.25) is 0 Å². The van der Waals surface area contributed by atoms with Crippen LogP contribution >= 0.6 is 0 Å². The Labute approximate surface area is 305 Å². The van der Waals surface area contributed by atoms with Crippen molar-refractivity contribution in [1.29, 1.82) is 0 Å². The first kappa shape index (κ1) is 41.5. The number of nitrogens with zero attached hydrogens (tertiary/aromatic N) is 7. The summed E-state index contributed by atoms with van der Waals surface area (Å²) < 4.78 is 26.6. The van der Waals surface area contributed by atoms with Crippen molar-refractivity contribution in [2.45, 2.75) is 89.8 Å². The average Bonchev–Trinajstić information content (AvgIpc) is 3.94. The molecular formula is C36H45BMoN7O4+. The Morgan fingerprint density at radius 2 is 1.41 bits per heavy atom. The van der Waals surface area contributed by atoms with E-state index in [-0.39, 0.29) is 57.9 Å². The third-order valence-electron chi connectivity index (χ3n) is 9.00. The Balaban J connectivity index is 0.000000336. The fourth-order valence-corrected chi connectivity index (χ4v) is 6.62. The van der Waals surface area contributed by atoms with Gasteiger partial charge in [-0.25, -0.2) is 20.1 Å². The van der Waals surface area contributed by atoms with Gasteiger partial charge in [-0.1, -0.05) is 63.9 Å². The predicted molar refractivity (Wildman–Crippen MR) is 181 cm³/mol. The molecule has 3 aromatic heterocycles. The molecule has 4 aromatic rings. The van der Waals surface area contributed by atoms with E-state index in [1.807, 2.05) is 41.7 Å². The van der Waals surface area contributed by atoms with Crippen molar-refractivity contribution in [3.8, 4) is 0 Å². The van der Waals surface area contributed by atoms with E-state index in [2.05, 4.69) is 106 Å². The molecule has 2 aliphatic rings. The smallest absolute Gasteiger partial charge is 0.425 e. The molecule has 256 valence electrons. The molecule has 2 fully saturated rings. The van der Waals surface area contributed by atoms with Gasteiger partial charge in [0.15, 0.2) is 0 Å². The summed E-state index contributed by atoms with van der Waals surface area (Å²) in [7, 11) is -0.194. The largest absolute Gasteiger partial charge is 2.00 e.